The third-order valence-electron chi connectivity index (χ3n) is 2.86. The minimum atomic E-state index is 0.645. The summed E-state index contributed by atoms with van der Waals surface area (Å²) in [6, 6.07) is 2.56. The fourth-order valence-electron chi connectivity index (χ4n) is 1.95. The first-order chi connectivity index (χ1) is 6.77. The Hall–Kier alpha value is -0.830. The van der Waals surface area contributed by atoms with Crippen LogP contribution < -0.4 is 5.32 Å². The molecule has 1 heterocycles. The Kier molecular flexibility index (Phi) is 2.87. The van der Waals surface area contributed by atoms with Crippen LogP contribution in [0.3, 0.4) is 0 Å². The van der Waals surface area contributed by atoms with Gasteiger partial charge in [-0.15, -0.1) is 0 Å². The summed E-state index contributed by atoms with van der Waals surface area (Å²) >= 11 is 0. The maximum absolute atomic E-state index is 4.79. The molecule has 0 aromatic carbocycles. The highest BCUT2D eigenvalue weighted by Crippen LogP contribution is 2.35. The number of rotatable bonds is 5. The molecule has 1 aliphatic carbocycles. The lowest BCUT2D eigenvalue weighted by Crippen LogP contribution is -2.35. The van der Waals surface area contributed by atoms with E-state index in [9.17, 15) is 0 Å². The summed E-state index contributed by atoms with van der Waals surface area (Å²) in [4.78, 5) is 0. The summed E-state index contributed by atoms with van der Waals surface area (Å²) in [7, 11) is 0. The second-order valence-corrected chi connectivity index (χ2v) is 4.48. The molecule has 1 unspecified atom stereocenters. The van der Waals surface area contributed by atoms with Crippen molar-refractivity contribution in [2.24, 2.45) is 11.8 Å². The predicted octanol–water partition coefficient (Wildman–Crippen LogP) is 2.20. The van der Waals surface area contributed by atoms with Gasteiger partial charge in [-0.05, 0) is 24.7 Å². The zero-order valence-electron chi connectivity index (χ0n) is 8.86. The number of hydrogen-bond donors (Lipinski definition) is 1. The van der Waals surface area contributed by atoms with Crippen LogP contribution in [0.5, 0.6) is 0 Å². The maximum Gasteiger partial charge on any atom is 0.124 e. The molecular weight excluding hydrogens is 176 g/mol. The van der Waals surface area contributed by atoms with E-state index in [-0.39, 0.29) is 0 Å². The van der Waals surface area contributed by atoms with Gasteiger partial charge < -0.3 is 9.84 Å². The van der Waals surface area contributed by atoms with Crippen LogP contribution in [-0.4, -0.2) is 11.2 Å². The molecule has 2 rings (SSSR count). The Morgan fingerprint density at radius 2 is 2.36 bits per heavy atom. The normalized spacial score (nSPS) is 18.8. The standard InChI is InChI=1S/C11H18N2O/c1-8(2)11(9-3-4-9)12-7-10-5-6-14-13-10/h5-6,8-9,11-12H,3-4,7H2,1-2H3. The van der Waals surface area contributed by atoms with Crippen LogP contribution in [0.15, 0.2) is 16.9 Å². The summed E-state index contributed by atoms with van der Waals surface area (Å²) in [6.07, 6.45) is 4.39. The average molecular weight is 194 g/mol. The lowest BCUT2D eigenvalue weighted by Gasteiger charge is -2.21. The summed E-state index contributed by atoms with van der Waals surface area (Å²) < 4.78 is 4.79. The minimum absolute atomic E-state index is 0.645. The zero-order chi connectivity index (χ0) is 9.97. The van der Waals surface area contributed by atoms with E-state index >= 15 is 0 Å². The number of nitrogens with zero attached hydrogens (tertiary/aromatic N) is 1. The quantitative estimate of drug-likeness (QED) is 0.781. The highest BCUT2D eigenvalue weighted by molar-refractivity contribution is 4.96. The van der Waals surface area contributed by atoms with E-state index in [1.807, 2.05) is 6.07 Å². The van der Waals surface area contributed by atoms with Gasteiger partial charge in [0, 0.05) is 18.7 Å². The molecule has 1 aliphatic rings. The van der Waals surface area contributed by atoms with E-state index in [2.05, 4.69) is 24.3 Å². The van der Waals surface area contributed by atoms with Crippen molar-refractivity contribution < 1.29 is 4.52 Å². The smallest absolute Gasteiger partial charge is 0.124 e. The largest absolute Gasteiger partial charge is 0.364 e. The molecule has 0 spiro atoms. The molecule has 0 amide bonds. The van der Waals surface area contributed by atoms with Gasteiger partial charge in [0.15, 0.2) is 0 Å². The number of hydrogen-bond acceptors (Lipinski definition) is 3. The second-order valence-electron chi connectivity index (χ2n) is 4.48. The highest BCUT2D eigenvalue weighted by Gasteiger charge is 2.32. The van der Waals surface area contributed by atoms with Crippen molar-refractivity contribution >= 4 is 0 Å². The Morgan fingerprint density at radius 3 is 2.86 bits per heavy atom. The van der Waals surface area contributed by atoms with Gasteiger partial charge >= 0.3 is 0 Å². The van der Waals surface area contributed by atoms with Crippen LogP contribution in [0, 0.1) is 11.8 Å². The van der Waals surface area contributed by atoms with E-state index in [0.717, 1.165) is 18.2 Å². The average Bonchev–Trinajstić information content (AvgIpc) is 2.82. The topological polar surface area (TPSA) is 38.1 Å². The third kappa shape index (κ3) is 2.35. The molecule has 0 saturated heterocycles. The minimum Gasteiger partial charge on any atom is -0.364 e. The van der Waals surface area contributed by atoms with Gasteiger partial charge in [-0.2, -0.15) is 0 Å². The molecular formula is C11H18N2O. The second kappa shape index (κ2) is 4.13. The van der Waals surface area contributed by atoms with E-state index in [1.165, 1.54) is 12.8 Å². The Morgan fingerprint density at radius 1 is 1.57 bits per heavy atom. The van der Waals surface area contributed by atoms with Crippen molar-refractivity contribution in [1.29, 1.82) is 0 Å². The van der Waals surface area contributed by atoms with E-state index in [4.69, 9.17) is 4.52 Å². The third-order valence-corrected chi connectivity index (χ3v) is 2.86. The van der Waals surface area contributed by atoms with Crippen LogP contribution in [-0.2, 0) is 6.54 Å². The van der Waals surface area contributed by atoms with E-state index < -0.39 is 0 Å². The van der Waals surface area contributed by atoms with E-state index in [0.29, 0.717) is 12.0 Å². The van der Waals surface area contributed by atoms with Crippen molar-refractivity contribution in [1.82, 2.24) is 10.5 Å². The van der Waals surface area contributed by atoms with Crippen molar-refractivity contribution in [2.75, 3.05) is 0 Å². The molecule has 78 valence electrons. The molecule has 1 aromatic heterocycles. The number of nitrogens with one attached hydrogen (secondary N) is 1. The van der Waals surface area contributed by atoms with Crippen molar-refractivity contribution in [2.45, 2.75) is 39.3 Å². The Balaban J connectivity index is 1.82. The first kappa shape index (κ1) is 9.71. The molecule has 3 heteroatoms. The molecule has 1 fully saturated rings. The molecule has 1 saturated carbocycles. The van der Waals surface area contributed by atoms with Gasteiger partial charge in [-0.3, -0.25) is 0 Å². The van der Waals surface area contributed by atoms with Gasteiger partial charge in [0.05, 0.1) is 5.69 Å². The van der Waals surface area contributed by atoms with Gasteiger partial charge in [-0.25, -0.2) is 0 Å². The predicted molar refractivity (Wildman–Crippen MR) is 54.7 cm³/mol. The summed E-state index contributed by atoms with van der Waals surface area (Å²) in [6.45, 7) is 5.38. The van der Waals surface area contributed by atoms with E-state index in [1.54, 1.807) is 6.26 Å². The number of aromatic nitrogens is 1. The van der Waals surface area contributed by atoms with Crippen LogP contribution in [0.4, 0.5) is 0 Å². The highest BCUT2D eigenvalue weighted by atomic mass is 16.5. The van der Waals surface area contributed by atoms with Gasteiger partial charge in [0.25, 0.3) is 0 Å². The van der Waals surface area contributed by atoms with Gasteiger partial charge in [0.2, 0.25) is 0 Å². The van der Waals surface area contributed by atoms with Crippen LogP contribution in [0.25, 0.3) is 0 Å². The maximum atomic E-state index is 4.79. The SMILES string of the molecule is CC(C)C(NCc1ccon1)C1CC1. The molecule has 0 bridgehead atoms. The van der Waals surface area contributed by atoms with Crippen molar-refractivity contribution in [3.63, 3.8) is 0 Å². The molecule has 14 heavy (non-hydrogen) atoms. The summed E-state index contributed by atoms with van der Waals surface area (Å²) in [5, 5.41) is 7.45. The molecule has 1 atom stereocenters. The van der Waals surface area contributed by atoms with Crippen molar-refractivity contribution in [3.05, 3.63) is 18.0 Å². The molecule has 0 aliphatic heterocycles. The summed E-state index contributed by atoms with van der Waals surface area (Å²) in [5.74, 6) is 1.59. The molecule has 1 aromatic rings. The summed E-state index contributed by atoms with van der Waals surface area (Å²) in [5.41, 5.74) is 0.997. The first-order valence-corrected chi connectivity index (χ1v) is 5.40. The molecule has 3 nitrogen and oxygen atoms in total. The Labute approximate surface area is 84.9 Å². The van der Waals surface area contributed by atoms with Gasteiger partial charge in [-0.1, -0.05) is 19.0 Å². The fourth-order valence-corrected chi connectivity index (χ4v) is 1.95. The monoisotopic (exact) mass is 194 g/mol. The van der Waals surface area contributed by atoms with Crippen LogP contribution in [0.2, 0.25) is 0 Å². The fraction of sp³-hybridized carbons (Fsp3) is 0.727. The lowest BCUT2D eigenvalue weighted by molar-refractivity contribution is 0.349. The van der Waals surface area contributed by atoms with Gasteiger partial charge in [0.1, 0.15) is 6.26 Å². The van der Waals surface area contributed by atoms with Crippen molar-refractivity contribution in [3.8, 4) is 0 Å². The lowest BCUT2D eigenvalue weighted by atomic mass is 9.99. The molecule has 1 N–H and O–H groups in total. The van der Waals surface area contributed by atoms with Crippen LogP contribution in [0.1, 0.15) is 32.4 Å². The van der Waals surface area contributed by atoms with Crippen LogP contribution >= 0.6 is 0 Å². The Bertz CT molecular complexity index is 263. The molecule has 0 radical (unpaired) electrons. The first-order valence-electron chi connectivity index (χ1n) is 5.40. The zero-order valence-corrected chi connectivity index (χ0v) is 8.86.